The van der Waals surface area contributed by atoms with E-state index < -0.39 is 0 Å². The summed E-state index contributed by atoms with van der Waals surface area (Å²) >= 11 is 0. The molecule has 0 saturated heterocycles. The van der Waals surface area contributed by atoms with Crippen molar-refractivity contribution in [1.29, 1.82) is 0 Å². The van der Waals surface area contributed by atoms with Crippen molar-refractivity contribution >= 4 is 23.1 Å². The molecule has 2 N–H and O–H groups in total. The third kappa shape index (κ3) is 10.4. The predicted octanol–water partition coefficient (Wildman–Crippen LogP) is -0.831. The van der Waals surface area contributed by atoms with Gasteiger partial charge in [0.2, 0.25) is 0 Å². The van der Waals surface area contributed by atoms with E-state index in [1.54, 1.807) is 0 Å². The summed E-state index contributed by atoms with van der Waals surface area (Å²) in [7, 11) is 0. The van der Waals surface area contributed by atoms with Crippen molar-refractivity contribution < 1.29 is 32.5 Å². The van der Waals surface area contributed by atoms with E-state index >= 15 is 0 Å². The Labute approximate surface area is 55.7 Å². The Kier molecular flexibility index (Phi) is 415. The molecule has 0 aromatic rings. The Morgan fingerprint density at radius 3 is 1.25 bits per heavy atom. The molecule has 1 nitrogen and oxygen atoms in total. The molecule has 0 fully saturated rings. The fraction of sp³-hybridized carbons (Fsp3) is 0. The second kappa shape index (κ2) is 28.1. The summed E-state index contributed by atoms with van der Waals surface area (Å²) in [5.74, 6) is 0. The van der Waals surface area contributed by atoms with Crippen LogP contribution in [0.2, 0.25) is 0 Å². The van der Waals surface area contributed by atoms with Gasteiger partial charge in [0.15, 0.2) is 0 Å². The van der Waals surface area contributed by atoms with Crippen LogP contribution < -0.4 is 0 Å². The monoisotopic (exact) mass is 128 g/mol. The Hall–Kier alpha value is 1.28. The Morgan fingerprint density at radius 1 is 1.25 bits per heavy atom. The van der Waals surface area contributed by atoms with Crippen LogP contribution in [0.5, 0.6) is 0 Å². The zero-order valence-electron chi connectivity index (χ0n) is 4.32. The van der Waals surface area contributed by atoms with Gasteiger partial charge < -0.3 is 8.33 Å². The second-order valence-electron chi connectivity index (χ2n) is 0. The number of hydrogen-bond donors (Lipinski definition) is 0. The van der Waals surface area contributed by atoms with Crippen LogP contribution in [-0.4, -0.2) is 28.5 Å². The molecule has 0 amide bonds. The van der Waals surface area contributed by atoms with Gasteiger partial charge in [-0.25, -0.2) is 0 Å². The molecular formula is H5FMgOZn. The Bertz CT molecular complexity index is 13.5. The van der Waals surface area contributed by atoms with E-state index in [1.165, 1.54) is 0 Å². The molecule has 0 bridgehead atoms. The van der Waals surface area contributed by atoms with Crippen LogP contribution in [0.4, 0.5) is 4.70 Å². The Morgan fingerprint density at radius 2 is 1.25 bits per heavy atom. The molecule has 0 radical (unpaired) electrons. The molecule has 4 heteroatoms. The first-order valence-electron chi connectivity index (χ1n) is 0. The summed E-state index contributed by atoms with van der Waals surface area (Å²) in [6.07, 6.45) is 0. The number of rotatable bonds is 0. The molecule has 0 rings (SSSR count). The van der Waals surface area contributed by atoms with Crippen LogP contribution in [0.15, 0.2) is 0 Å². The molecule has 0 aromatic heterocycles. The van der Waals surface area contributed by atoms with Crippen LogP contribution in [0.1, 0.15) is 2.85 Å². The predicted molar refractivity (Wildman–Crippen MR) is 14.1 cm³/mol. The second-order valence-corrected chi connectivity index (χ2v) is 0. The molecule has 0 saturated carbocycles. The minimum atomic E-state index is 0. The molecule has 0 atom stereocenters. The van der Waals surface area contributed by atoms with Crippen LogP contribution in [-0.2, 0) is 19.5 Å². The molecule has 0 aliphatic rings. The molecule has 0 aromatic carbocycles. The van der Waals surface area contributed by atoms with Crippen molar-refractivity contribution in [2.75, 3.05) is 0 Å². The van der Waals surface area contributed by atoms with E-state index in [0.29, 0.717) is 0 Å². The molecular weight excluding hydrogens is 125 g/mol. The Balaban J connectivity index is 0. The van der Waals surface area contributed by atoms with Crippen molar-refractivity contribution in [3.8, 4) is 0 Å². The maximum Gasteiger partial charge on any atom is 2.00 e. The van der Waals surface area contributed by atoms with Gasteiger partial charge in [-0.2, -0.15) is 0 Å². The zero-order valence-corrected chi connectivity index (χ0v) is 6.70. The van der Waals surface area contributed by atoms with Gasteiger partial charge in [-0.05, 0) is 0 Å². The van der Waals surface area contributed by atoms with Gasteiger partial charge in [-0.15, -0.1) is 0 Å². The fourth-order valence-corrected chi connectivity index (χ4v) is 0. The zero-order chi connectivity index (χ0) is 0. The molecule has 0 spiro atoms. The van der Waals surface area contributed by atoms with E-state index in [1.807, 2.05) is 0 Å². The van der Waals surface area contributed by atoms with Crippen molar-refractivity contribution in [1.82, 2.24) is 0 Å². The molecule has 22 valence electrons. The largest absolute Gasteiger partial charge is 2.00 e. The van der Waals surface area contributed by atoms with Gasteiger partial charge in [0.25, 0.3) is 0 Å². The maximum atomic E-state index is 0. The van der Waals surface area contributed by atoms with Crippen molar-refractivity contribution in [3.63, 3.8) is 0 Å². The summed E-state index contributed by atoms with van der Waals surface area (Å²) in [6.45, 7) is 0. The standard InChI is InChI=1S/FH.Mg.H2O.Zn.2H/h1H;;1H2;;;/q;+2;;;2*-1. The average Bonchev–Trinajstić information content (AvgIpc) is 0. The maximum absolute atomic E-state index is 0. The third-order valence-corrected chi connectivity index (χ3v) is 0. The molecule has 0 heterocycles. The van der Waals surface area contributed by atoms with E-state index in [-0.39, 0.29) is 55.6 Å². The molecule has 0 aliphatic heterocycles. The van der Waals surface area contributed by atoms with Crippen LogP contribution in [0.25, 0.3) is 0 Å². The van der Waals surface area contributed by atoms with Gasteiger partial charge in [0.05, 0.1) is 0 Å². The molecule has 0 unspecified atom stereocenters. The summed E-state index contributed by atoms with van der Waals surface area (Å²) < 4.78 is 0. The fourth-order valence-electron chi connectivity index (χ4n) is 0. The quantitative estimate of drug-likeness (QED) is 0.383. The van der Waals surface area contributed by atoms with E-state index in [4.69, 9.17) is 0 Å². The first-order chi connectivity index (χ1) is 0. The van der Waals surface area contributed by atoms with Crippen LogP contribution in [0, 0.1) is 0 Å². The SMILES string of the molecule is F.O.[H-].[H-].[Mg+2].[Zn]. The third-order valence-electron chi connectivity index (χ3n) is 0. The number of hydrogen-bond acceptors (Lipinski definition) is 0. The van der Waals surface area contributed by atoms with Crippen LogP contribution >= 0.6 is 0 Å². The van der Waals surface area contributed by atoms with Crippen LogP contribution in [0.3, 0.4) is 0 Å². The summed E-state index contributed by atoms with van der Waals surface area (Å²) in [5, 5.41) is 0. The first-order valence-corrected chi connectivity index (χ1v) is 0. The van der Waals surface area contributed by atoms with Crippen molar-refractivity contribution in [3.05, 3.63) is 0 Å². The van der Waals surface area contributed by atoms with Crippen molar-refractivity contribution in [2.24, 2.45) is 0 Å². The van der Waals surface area contributed by atoms with Gasteiger partial charge in [-0.1, -0.05) is 0 Å². The van der Waals surface area contributed by atoms with E-state index in [9.17, 15) is 0 Å². The first kappa shape index (κ1) is 59.1. The molecule has 4 heavy (non-hydrogen) atoms. The van der Waals surface area contributed by atoms with Crippen molar-refractivity contribution in [2.45, 2.75) is 0 Å². The van der Waals surface area contributed by atoms with Gasteiger partial charge in [0, 0.05) is 19.5 Å². The van der Waals surface area contributed by atoms with Gasteiger partial charge >= 0.3 is 23.1 Å². The topological polar surface area (TPSA) is 31.5 Å². The molecule has 0 aliphatic carbocycles. The number of halogens is 1. The van der Waals surface area contributed by atoms with E-state index in [0.717, 1.165) is 0 Å². The average molecular weight is 130 g/mol. The summed E-state index contributed by atoms with van der Waals surface area (Å²) in [5.41, 5.74) is 0. The summed E-state index contributed by atoms with van der Waals surface area (Å²) in [6, 6.07) is 0. The van der Waals surface area contributed by atoms with Gasteiger partial charge in [-0.3, -0.25) is 4.70 Å². The summed E-state index contributed by atoms with van der Waals surface area (Å²) in [4.78, 5) is 0. The van der Waals surface area contributed by atoms with Gasteiger partial charge in [0.1, 0.15) is 0 Å². The smallest absolute Gasteiger partial charge is 1.00 e. The minimum Gasteiger partial charge on any atom is -1.00 e. The normalized spacial score (nSPS) is 0. The van der Waals surface area contributed by atoms with E-state index in [2.05, 4.69) is 0 Å². The minimum absolute atomic E-state index is 0.